The van der Waals surface area contributed by atoms with Gasteiger partial charge in [0.1, 0.15) is 0 Å². The van der Waals surface area contributed by atoms with Gasteiger partial charge in [-0.05, 0) is 25.7 Å². The summed E-state index contributed by atoms with van der Waals surface area (Å²) < 4.78 is 5.48. The van der Waals surface area contributed by atoms with Crippen LogP contribution in [0.25, 0.3) is 0 Å². The zero-order valence-electron chi connectivity index (χ0n) is 11.2. The second kappa shape index (κ2) is 7.10. The van der Waals surface area contributed by atoms with Crippen LogP contribution in [0.5, 0.6) is 0 Å². The Kier molecular flexibility index (Phi) is 5.45. The Morgan fingerprint density at radius 3 is 2.39 bits per heavy atom. The fourth-order valence-corrected chi connectivity index (χ4v) is 3.18. The summed E-state index contributed by atoms with van der Waals surface area (Å²) in [6.07, 6.45) is 9.63. The summed E-state index contributed by atoms with van der Waals surface area (Å²) in [5.41, 5.74) is 5.57. The highest BCUT2D eigenvalue weighted by molar-refractivity contribution is 5.80. The Labute approximate surface area is 110 Å². The molecular weight excluding hydrogens is 228 g/mol. The van der Waals surface area contributed by atoms with E-state index in [9.17, 15) is 4.79 Å². The molecule has 4 nitrogen and oxygen atoms in total. The van der Waals surface area contributed by atoms with Crippen LogP contribution in [0.2, 0.25) is 0 Å². The topological polar surface area (TPSA) is 64.4 Å². The zero-order valence-corrected chi connectivity index (χ0v) is 11.2. The van der Waals surface area contributed by atoms with Gasteiger partial charge in [-0.1, -0.05) is 25.7 Å². The summed E-state index contributed by atoms with van der Waals surface area (Å²) in [4.78, 5) is 11.7. The van der Waals surface area contributed by atoms with E-state index in [-0.39, 0.29) is 17.9 Å². The maximum absolute atomic E-state index is 11.7. The number of carbonyl (C=O) groups is 1. The van der Waals surface area contributed by atoms with E-state index < -0.39 is 0 Å². The first-order valence-electron chi connectivity index (χ1n) is 7.40. The highest BCUT2D eigenvalue weighted by Gasteiger charge is 2.30. The minimum absolute atomic E-state index is 0.201. The van der Waals surface area contributed by atoms with Crippen molar-refractivity contribution in [3.8, 4) is 0 Å². The van der Waals surface area contributed by atoms with Gasteiger partial charge in [0.15, 0.2) is 0 Å². The minimum atomic E-state index is -0.213. The smallest absolute Gasteiger partial charge is 0.234 e. The molecule has 2 unspecified atom stereocenters. The highest BCUT2D eigenvalue weighted by atomic mass is 16.5. The molecule has 1 amide bonds. The van der Waals surface area contributed by atoms with Gasteiger partial charge in [-0.25, -0.2) is 0 Å². The largest absolute Gasteiger partial charge is 0.381 e. The summed E-state index contributed by atoms with van der Waals surface area (Å²) in [6, 6.07) is 0.264. The standard InChI is InChI=1S/C14H26N2O2/c15-14(17)13(11-6-5-9-18-10-11)16-12-7-3-1-2-4-8-12/h11-13,16H,1-10H2,(H2,15,17). The van der Waals surface area contributed by atoms with E-state index in [0.29, 0.717) is 12.6 Å². The molecule has 0 radical (unpaired) electrons. The van der Waals surface area contributed by atoms with E-state index in [4.69, 9.17) is 10.5 Å². The summed E-state index contributed by atoms with van der Waals surface area (Å²) in [5, 5.41) is 3.51. The number of ether oxygens (including phenoxy) is 1. The van der Waals surface area contributed by atoms with Gasteiger partial charge in [0.05, 0.1) is 12.6 Å². The van der Waals surface area contributed by atoms with Gasteiger partial charge in [-0.15, -0.1) is 0 Å². The molecule has 1 heterocycles. The van der Waals surface area contributed by atoms with Gasteiger partial charge in [0.2, 0.25) is 5.91 Å². The number of rotatable bonds is 4. The fraction of sp³-hybridized carbons (Fsp3) is 0.929. The normalized spacial score (nSPS) is 28.6. The Morgan fingerprint density at radius 2 is 1.83 bits per heavy atom. The van der Waals surface area contributed by atoms with Crippen molar-refractivity contribution >= 4 is 5.91 Å². The average Bonchev–Trinajstić information content (AvgIpc) is 2.65. The van der Waals surface area contributed by atoms with E-state index >= 15 is 0 Å². The van der Waals surface area contributed by atoms with Crippen LogP contribution in [-0.4, -0.2) is 31.2 Å². The molecular formula is C14H26N2O2. The third kappa shape index (κ3) is 3.95. The van der Waals surface area contributed by atoms with Crippen LogP contribution in [0.3, 0.4) is 0 Å². The third-order valence-corrected chi connectivity index (χ3v) is 4.24. The van der Waals surface area contributed by atoms with Crippen LogP contribution in [0.1, 0.15) is 51.4 Å². The molecule has 2 aliphatic rings. The van der Waals surface area contributed by atoms with Crippen molar-refractivity contribution < 1.29 is 9.53 Å². The van der Waals surface area contributed by atoms with Crippen LogP contribution < -0.4 is 11.1 Å². The van der Waals surface area contributed by atoms with Crippen molar-refractivity contribution in [2.75, 3.05) is 13.2 Å². The van der Waals surface area contributed by atoms with Crippen molar-refractivity contribution in [3.05, 3.63) is 0 Å². The second-order valence-corrected chi connectivity index (χ2v) is 5.71. The molecule has 2 rings (SSSR count). The Balaban J connectivity index is 1.89. The third-order valence-electron chi connectivity index (χ3n) is 4.24. The molecule has 2 atom stereocenters. The van der Waals surface area contributed by atoms with Gasteiger partial charge in [0.25, 0.3) is 0 Å². The Morgan fingerprint density at radius 1 is 1.11 bits per heavy atom. The molecule has 3 N–H and O–H groups in total. The van der Waals surface area contributed by atoms with Gasteiger partial charge >= 0.3 is 0 Å². The van der Waals surface area contributed by atoms with Gasteiger partial charge in [-0.3, -0.25) is 4.79 Å². The number of carbonyl (C=O) groups excluding carboxylic acids is 1. The van der Waals surface area contributed by atoms with Crippen molar-refractivity contribution in [2.45, 2.75) is 63.5 Å². The number of nitrogens with two attached hydrogens (primary N) is 1. The molecule has 2 fully saturated rings. The van der Waals surface area contributed by atoms with Crippen LogP contribution >= 0.6 is 0 Å². The molecule has 0 aromatic heterocycles. The predicted octanol–water partition coefficient (Wildman–Crippen LogP) is 1.58. The van der Waals surface area contributed by atoms with Crippen LogP contribution in [0.4, 0.5) is 0 Å². The molecule has 1 aliphatic heterocycles. The fourth-order valence-electron chi connectivity index (χ4n) is 3.18. The van der Waals surface area contributed by atoms with Gasteiger partial charge < -0.3 is 15.8 Å². The quantitative estimate of drug-likeness (QED) is 0.749. The number of primary amides is 1. The number of hydrogen-bond acceptors (Lipinski definition) is 3. The molecule has 0 aromatic rings. The minimum Gasteiger partial charge on any atom is -0.381 e. The molecule has 0 spiro atoms. The molecule has 18 heavy (non-hydrogen) atoms. The first-order chi connectivity index (χ1) is 8.77. The molecule has 1 aliphatic carbocycles. The molecule has 1 saturated heterocycles. The van der Waals surface area contributed by atoms with Crippen LogP contribution in [0, 0.1) is 5.92 Å². The Bertz CT molecular complexity index is 257. The lowest BCUT2D eigenvalue weighted by Crippen LogP contribution is -2.52. The molecule has 4 heteroatoms. The SMILES string of the molecule is NC(=O)C(NC1CCCCCC1)C1CCCOC1. The summed E-state index contributed by atoms with van der Waals surface area (Å²) in [5.74, 6) is 0.0502. The lowest BCUT2D eigenvalue weighted by molar-refractivity contribution is -0.123. The van der Waals surface area contributed by atoms with E-state index in [0.717, 1.165) is 19.4 Å². The van der Waals surface area contributed by atoms with Crippen molar-refractivity contribution in [1.82, 2.24) is 5.32 Å². The highest BCUT2D eigenvalue weighted by Crippen LogP contribution is 2.22. The first kappa shape index (κ1) is 13.8. The first-order valence-corrected chi connectivity index (χ1v) is 7.40. The molecule has 0 bridgehead atoms. The monoisotopic (exact) mass is 254 g/mol. The number of nitrogens with one attached hydrogen (secondary N) is 1. The summed E-state index contributed by atoms with van der Waals surface area (Å²) in [7, 11) is 0. The van der Waals surface area contributed by atoms with Gasteiger partial charge in [0, 0.05) is 18.6 Å². The van der Waals surface area contributed by atoms with Crippen LogP contribution in [0.15, 0.2) is 0 Å². The molecule has 0 aromatic carbocycles. The van der Waals surface area contributed by atoms with Crippen LogP contribution in [-0.2, 0) is 9.53 Å². The van der Waals surface area contributed by atoms with E-state index in [1.54, 1.807) is 0 Å². The van der Waals surface area contributed by atoms with E-state index in [1.807, 2.05) is 0 Å². The van der Waals surface area contributed by atoms with E-state index in [2.05, 4.69) is 5.32 Å². The predicted molar refractivity (Wildman–Crippen MR) is 71.2 cm³/mol. The van der Waals surface area contributed by atoms with Crippen molar-refractivity contribution in [2.24, 2.45) is 11.7 Å². The lowest BCUT2D eigenvalue weighted by Gasteiger charge is -2.31. The average molecular weight is 254 g/mol. The molecule has 104 valence electrons. The summed E-state index contributed by atoms with van der Waals surface area (Å²) >= 11 is 0. The maximum atomic E-state index is 11.7. The second-order valence-electron chi connectivity index (χ2n) is 5.71. The zero-order chi connectivity index (χ0) is 12.8. The van der Waals surface area contributed by atoms with Gasteiger partial charge in [-0.2, -0.15) is 0 Å². The number of amides is 1. The molecule has 1 saturated carbocycles. The lowest BCUT2D eigenvalue weighted by atomic mass is 9.92. The number of hydrogen-bond donors (Lipinski definition) is 2. The van der Waals surface area contributed by atoms with Crippen molar-refractivity contribution in [3.63, 3.8) is 0 Å². The Hall–Kier alpha value is -0.610. The maximum Gasteiger partial charge on any atom is 0.234 e. The van der Waals surface area contributed by atoms with E-state index in [1.165, 1.54) is 38.5 Å². The summed E-state index contributed by atoms with van der Waals surface area (Å²) in [6.45, 7) is 1.50. The van der Waals surface area contributed by atoms with Crippen molar-refractivity contribution in [1.29, 1.82) is 0 Å².